The van der Waals surface area contributed by atoms with Gasteiger partial charge in [-0.2, -0.15) is 0 Å². The van der Waals surface area contributed by atoms with Gasteiger partial charge in [0.2, 0.25) is 9.84 Å². The third-order valence-corrected chi connectivity index (χ3v) is 7.48. The summed E-state index contributed by atoms with van der Waals surface area (Å²) in [5, 5.41) is 12.9. The van der Waals surface area contributed by atoms with Crippen molar-refractivity contribution in [2.75, 3.05) is 38.1 Å². The van der Waals surface area contributed by atoms with Gasteiger partial charge >= 0.3 is 0 Å². The van der Waals surface area contributed by atoms with Crippen molar-refractivity contribution in [1.82, 2.24) is 4.90 Å². The SMILES string of the molecule is CCNc1ccc(OCCN2CCCC2)cc1C(=N)S(=O)(=O)c1cccc2ccccc12. The number of anilines is 1. The van der Waals surface area contributed by atoms with E-state index in [2.05, 4.69) is 10.2 Å². The van der Waals surface area contributed by atoms with Crippen molar-refractivity contribution in [2.45, 2.75) is 24.7 Å². The minimum absolute atomic E-state index is 0.142. The number of nitrogens with one attached hydrogen (secondary N) is 2. The van der Waals surface area contributed by atoms with Crippen LogP contribution in [0.2, 0.25) is 0 Å². The van der Waals surface area contributed by atoms with Crippen LogP contribution in [0.5, 0.6) is 5.75 Å². The lowest BCUT2D eigenvalue weighted by molar-refractivity contribution is 0.238. The summed E-state index contributed by atoms with van der Waals surface area (Å²) in [4.78, 5) is 2.50. The molecule has 0 unspecified atom stereocenters. The molecule has 6 nitrogen and oxygen atoms in total. The Kier molecular flexibility index (Phi) is 6.77. The fourth-order valence-corrected chi connectivity index (χ4v) is 5.54. The Morgan fingerprint density at radius 3 is 2.59 bits per heavy atom. The molecule has 1 aliphatic heterocycles. The molecule has 0 amide bonds. The molecule has 32 heavy (non-hydrogen) atoms. The minimum atomic E-state index is -4.03. The van der Waals surface area contributed by atoms with Gasteiger partial charge < -0.3 is 10.1 Å². The van der Waals surface area contributed by atoms with Crippen molar-refractivity contribution in [3.05, 3.63) is 66.2 Å². The summed E-state index contributed by atoms with van der Waals surface area (Å²) in [5.74, 6) is 0.568. The third-order valence-electron chi connectivity index (χ3n) is 5.79. The van der Waals surface area contributed by atoms with Crippen LogP contribution in [0.25, 0.3) is 10.8 Å². The molecule has 4 rings (SSSR count). The molecule has 2 N–H and O–H groups in total. The molecular formula is C25H29N3O3S. The Morgan fingerprint density at radius 1 is 1.06 bits per heavy atom. The summed E-state index contributed by atoms with van der Waals surface area (Å²) in [6.07, 6.45) is 2.45. The molecule has 3 aromatic carbocycles. The van der Waals surface area contributed by atoms with E-state index in [4.69, 9.17) is 10.1 Å². The van der Waals surface area contributed by atoms with Crippen molar-refractivity contribution in [3.63, 3.8) is 0 Å². The van der Waals surface area contributed by atoms with Crippen LogP contribution < -0.4 is 10.1 Å². The molecule has 0 spiro atoms. The number of likely N-dealkylation sites (tertiary alicyclic amines) is 1. The van der Waals surface area contributed by atoms with Gasteiger partial charge in [0.1, 0.15) is 12.4 Å². The van der Waals surface area contributed by atoms with Gasteiger partial charge in [-0.05, 0) is 62.5 Å². The zero-order chi connectivity index (χ0) is 22.6. The molecule has 1 saturated heterocycles. The Hall–Kier alpha value is -2.90. The number of ether oxygens (including phenoxy) is 1. The lowest BCUT2D eigenvalue weighted by Crippen LogP contribution is -2.25. The zero-order valence-corrected chi connectivity index (χ0v) is 19.1. The van der Waals surface area contributed by atoms with Gasteiger partial charge in [-0.15, -0.1) is 0 Å². The molecule has 0 aliphatic carbocycles. The number of fused-ring (bicyclic) bond motifs is 1. The van der Waals surface area contributed by atoms with E-state index in [1.165, 1.54) is 12.8 Å². The van der Waals surface area contributed by atoms with Crippen LogP contribution >= 0.6 is 0 Å². The van der Waals surface area contributed by atoms with E-state index in [-0.39, 0.29) is 4.90 Å². The lowest BCUT2D eigenvalue weighted by atomic mass is 10.1. The average molecular weight is 452 g/mol. The summed E-state index contributed by atoms with van der Waals surface area (Å²) in [7, 11) is -4.03. The van der Waals surface area contributed by atoms with Crippen molar-refractivity contribution in [2.24, 2.45) is 0 Å². The highest BCUT2D eigenvalue weighted by atomic mass is 32.2. The first-order valence-electron chi connectivity index (χ1n) is 11.1. The highest BCUT2D eigenvalue weighted by molar-refractivity contribution is 8.07. The quantitative estimate of drug-likeness (QED) is 0.388. The molecule has 0 aromatic heterocycles. The van der Waals surface area contributed by atoms with Gasteiger partial charge in [0.05, 0.1) is 4.90 Å². The van der Waals surface area contributed by atoms with Gasteiger partial charge in [-0.3, -0.25) is 10.3 Å². The highest BCUT2D eigenvalue weighted by Crippen LogP contribution is 2.30. The predicted molar refractivity (Wildman–Crippen MR) is 130 cm³/mol. The zero-order valence-electron chi connectivity index (χ0n) is 18.3. The minimum Gasteiger partial charge on any atom is -0.492 e. The van der Waals surface area contributed by atoms with E-state index < -0.39 is 14.9 Å². The predicted octanol–water partition coefficient (Wildman–Crippen LogP) is 4.55. The summed E-state index contributed by atoms with van der Waals surface area (Å²) < 4.78 is 32.9. The highest BCUT2D eigenvalue weighted by Gasteiger charge is 2.27. The summed E-state index contributed by atoms with van der Waals surface area (Å²) >= 11 is 0. The molecule has 168 valence electrons. The van der Waals surface area contributed by atoms with Crippen molar-refractivity contribution >= 4 is 31.3 Å². The van der Waals surface area contributed by atoms with Crippen molar-refractivity contribution in [1.29, 1.82) is 5.41 Å². The third kappa shape index (κ3) is 4.64. The van der Waals surface area contributed by atoms with E-state index in [0.29, 0.717) is 35.5 Å². The standard InChI is InChI=1S/C25H29N3O3S/c1-2-27-23-13-12-20(31-17-16-28-14-5-6-15-28)18-22(23)25(26)32(29,30)24-11-7-9-19-8-3-4-10-21(19)24/h3-4,7-13,18,26-27H,2,5-6,14-17H2,1H3. The molecule has 7 heteroatoms. The summed E-state index contributed by atoms with van der Waals surface area (Å²) in [5.41, 5.74) is 0.923. The molecule has 0 atom stereocenters. The monoisotopic (exact) mass is 451 g/mol. The molecule has 1 aliphatic rings. The number of benzene rings is 3. The average Bonchev–Trinajstić information content (AvgIpc) is 3.33. The smallest absolute Gasteiger partial charge is 0.224 e. The largest absolute Gasteiger partial charge is 0.492 e. The molecule has 0 radical (unpaired) electrons. The second-order valence-corrected chi connectivity index (χ2v) is 9.80. The van der Waals surface area contributed by atoms with Crippen molar-refractivity contribution < 1.29 is 13.2 Å². The normalized spacial score (nSPS) is 14.5. The van der Waals surface area contributed by atoms with E-state index in [1.54, 1.807) is 30.3 Å². The van der Waals surface area contributed by atoms with Gasteiger partial charge in [0, 0.05) is 29.7 Å². The van der Waals surface area contributed by atoms with Crippen LogP contribution in [-0.4, -0.2) is 51.1 Å². The van der Waals surface area contributed by atoms with Gasteiger partial charge in [-0.1, -0.05) is 36.4 Å². The first-order chi connectivity index (χ1) is 15.5. The Balaban J connectivity index is 1.64. The topological polar surface area (TPSA) is 82.5 Å². The first-order valence-corrected chi connectivity index (χ1v) is 12.5. The fraction of sp³-hybridized carbons (Fsp3) is 0.320. The van der Waals surface area contributed by atoms with Crippen LogP contribution in [0.3, 0.4) is 0 Å². The number of rotatable bonds is 8. The Bertz CT molecular complexity index is 1210. The second-order valence-electron chi connectivity index (χ2n) is 7.94. The first kappa shape index (κ1) is 22.3. The maximum Gasteiger partial charge on any atom is 0.224 e. The lowest BCUT2D eigenvalue weighted by Gasteiger charge is -2.17. The van der Waals surface area contributed by atoms with Crippen LogP contribution in [-0.2, 0) is 9.84 Å². The summed E-state index contributed by atoms with van der Waals surface area (Å²) in [6.45, 7) is 6.13. The van der Waals surface area contributed by atoms with Gasteiger partial charge in [0.15, 0.2) is 5.04 Å². The molecule has 3 aromatic rings. The molecular weight excluding hydrogens is 422 g/mol. The van der Waals surface area contributed by atoms with E-state index in [1.807, 2.05) is 37.3 Å². The number of hydrogen-bond donors (Lipinski definition) is 2. The van der Waals surface area contributed by atoms with Crippen LogP contribution in [0, 0.1) is 5.41 Å². The molecule has 0 bridgehead atoms. The molecule has 1 fully saturated rings. The van der Waals surface area contributed by atoms with Crippen molar-refractivity contribution in [3.8, 4) is 5.75 Å². The van der Waals surface area contributed by atoms with Gasteiger partial charge in [0.25, 0.3) is 0 Å². The van der Waals surface area contributed by atoms with Crippen LogP contribution in [0.1, 0.15) is 25.3 Å². The maximum atomic E-state index is 13.5. The van der Waals surface area contributed by atoms with E-state index in [9.17, 15) is 8.42 Å². The maximum absolute atomic E-state index is 13.5. The summed E-state index contributed by atoms with van der Waals surface area (Å²) in [6, 6.07) is 17.8. The van der Waals surface area contributed by atoms with Crippen LogP contribution in [0.15, 0.2) is 65.6 Å². The molecule has 0 saturated carbocycles. The number of sulfone groups is 1. The molecule has 1 heterocycles. The van der Waals surface area contributed by atoms with Crippen LogP contribution in [0.4, 0.5) is 5.69 Å². The van der Waals surface area contributed by atoms with E-state index in [0.717, 1.165) is 25.0 Å². The Labute approximate surface area is 189 Å². The second kappa shape index (κ2) is 9.71. The van der Waals surface area contributed by atoms with E-state index >= 15 is 0 Å². The fourth-order valence-electron chi connectivity index (χ4n) is 4.13. The van der Waals surface area contributed by atoms with Gasteiger partial charge in [-0.25, -0.2) is 8.42 Å². The Morgan fingerprint density at radius 2 is 1.81 bits per heavy atom. The number of hydrogen-bond acceptors (Lipinski definition) is 6. The number of nitrogens with zero attached hydrogens (tertiary/aromatic N) is 1.